The molecule has 0 amide bonds. The highest BCUT2D eigenvalue weighted by atomic mass is 79.9. The quantitative estimate of drug-likeness (QED) is 0.826. The van der Waals surface area contributed by atoms with E-state index in [0.29, 0.717) is 0 Å². The Labute approximate surface area is 91.4 Å². The molecule has 0 fully saturated rings. The third kappa shape index (κ3) is 1.23. The van der Waals surface area contributed by atoms with Crippen LogP contribution in [-0.2, 0) is 0 Å². The molecule has 14 heavy (non-hydrogen) atoms. The standard InChI is InChI=1S/C11H12BrNO/c1-6-7(2)13-8-4-5-9(14-3)11(12)10(6)8/h4-5,13H,1-3H3. The molecular formula is C11H12BrNO. The van der Waals surface area contributed by atoms with E-state index in [1.165, 1.54) is 16.6 Å². The van der Waals surface area contributed by atoms with Crippen LogP contribution in [0.1, 0.15) is 11.3 Å². The normalized spacial score (nSPS) is 10.9. The van der Waals surface area contributed by atoms with E-state index >= 15 is 0 Å². The molecule has 0 atom stereocenters. The van der Waals surface area contributed by atoms with Crippen molar-refractivity contribution in [1.29, 1.82) is 0 Å². The van der Waals surface area contributed by atoms with Crippen LogP contribution in [0.4, 0.5) is 0 Å². The first-order chi connectivity index (χ1) is 6.65. The second-order valence-electron chi connectivity index (χ2n) is 3.38. The Kier molecular flexibility index (Phi) is 2.27. The number of nitrogens with one attached hydrogen (secondary N) is 1. The molecule has 2 rings (SSSR count). The zero-order valence-corrected chi connectivity index (χ0v) is 10.0. The maximum Gasteiger partial charge on any atom is 0.133 e. The Morgan fingerprint density at radius 3 is 2.64 bits per heavy atom. The van der Waals surface area contributed by atoms with E-state index in [4.69, 9.17) is 4.74 Å². The van der Waals surface area contributed by atoms with Gasteiger partial charge in [-0.1, -0.05) is 0 Å². The highest BCUT2D eigenvalue weighted by Gasteiger charge is 2.10. The third-order valence-corrected chi connectivity index (χ3v) is 3.37. The van der Waals surface area contributed by atoms with Crippen LogP contribution < -0.4 is 4.74 Å². The summed E-state index contributed by atoms with van der Waals surface area (Å²) in [5.74, 6) is 0.875. The van der Waals surface area contributed by atoms with Gasteiger partial charge in [-0.3, -0.25) is 0 Å². The van der Waals surface area contributed by atoms with E-state index in [-0.39, 0.29) is 0 Å². The summed E-state index contributed by atoms with van der Waals surface area (Å²) >= 11 is 3.56. The number of methoxy groups -OCH3 is 1. The van der Waals surface area contributed by atoms with Gasteiger partial charge in [0.1, 0.15) is 5.75 Å². The fourth-order valence-electron chi connectivity index (χ4n) is 1.67. The third-order valence-electron chi connectivity index (χ3n) is 2.59. The number of rotatable bonds is 1. The highest BCUT2D eigenvalue weighted by Crippen LogP contribution is 2.35. The van der Waals surface area contributed by atoms with Gasteiger partial charge in [-0.15, -0.1) is 0 Å². The van der Waals surface area contributed by atoms with Crippen molar-refractivity contribution in [3.05, 3.63) is 27.9 Å². The molecule has 0 saturated heterocycles. The average Bonchev–Trinajstić information content (AvgIpc) is 2.44. The topological polar surface area (TPSA) is 25.0 Å². The monoisotopic (exact) mass is 253 g/mol. The predicted octanol–water partition coefficient (Wildman–Crippen LogP) is 3.56. The molecule has 1 aromatic heterocycles. The first-order valence-electron chi connectivity index (χ1n) is 4.46. The summed E-state index contributed by atoms with van der Waals surface area (Å²) in [4.78, 5) is 3.33. The Morgan fingerprint density at radius 2 is 2.00 bits per heavy atom. The molecule has 0 aliphatic rings. The second kappa shape index (κ2) is 3.31. The number of benzene rings is 1. The molecule has 0 spiro atoms. The van der Waals surface area contributed by atoms with Crippen molar-refractivity contribution in [3.8, 4) is 5.75 Å². The highest BCUT2D eigenvalue weighted by molar-refractivity contribution is 9.10. The minimum absolute atomic E-state index is 0.875. The van der Waals surface area contributed by atoms with Gasteiger partial charge in [0, 0.05) is 16.6 Å². The van der Waals surface area contributed by atoms with Crippen molar-refractivity contribution in [2.24, 2.45) is 0 Å². The van der Waals surface area contributed by atoms with Gasteiger partial charge in [0.25, 0.3) is 0 Å². The fraction of sp³-hybridized carbons (Fsp3) is 0.273. The van der Waals surface area contributed by atoms with E-state index in [1.807, 2.05) is 12.1 Å². The zero-order chi connectivity index (χ0) is 10.3. The van der Waals surface area contributed by atoms with Gasteiger partial charge < -0.3 is 9.72 Å². The Morgan fingerprint density at radius 1 is 1.29 bits per heavy atom. The number of aryl methyl sites for hydroxylation is 2. The molecule has 0 saturated carbocycles. The Balaban J connectivity index is 2.86. The van der Waals surface area contributed by atoms with E-state index < -0.39 is 0 Å². The van der Waals surface area contributed by atoms with Gasteiger partial charge in [0.05, 0.1) is 11.6 Å². The van der Waals surface area contributed by atoms with Crippen LogP contribution in [0.2, 0.25) is 0 Å². The van der Waals surface area contributed by atoms with Crippen molar-refractivity contribution in [3.63, 3.8) is 0 Å². The van der Waals surface area contributed by atoms with Crippen LogP contribution in [0.3, 0.4) is 0 Å². The van der Waals surface area contributed by atoms with Gasteiger partial charge in [-0.25, -0.2) is 0 Å². The molecular weight excluding hydrogens is 242 g/mol. The lowest BCUT2D eigenvalue weighted by Crippen LogP contribution is -1.84. The number of H-pyrrole nitrogens is 1. The molecule has 2 nitrogen and oxygen atoms in total. The molecule has 0 unspecified atom stereocenters. The summed E-state index contributed by atoms with van der Waals surface area (Å²) < 4.78 is 6.28. The Bertz CT molecular complexity index is 487. The van der Waals surface area contributed by atoms with Crippen molar-refractivity contribution < 1.29 is 4.74 Å². The summed E-state index contributed by atoms with van der Waals surface area (Å²) in [7, 11) is 1.68. The van der Waals surface area contributed by atoms with E-state index in [0.717, 1.165) is 15.7 Å². The largest absolute Gasteiger partial charge is 0.496 e. The summed E-state index contributed by atoms with van der Waals surface area (Å²) in [6.45, 7) is 4.19. The summed E-state index contributed by atoms with van der Waals surface area (Å²) in [6, 6.07) is 4.00. The lowest BCUT2D eigenvalue weighted by molar-refractivity contribution is 0.413. The number of aromatic nitrogens is 1. The lowest BCUT2D eigenvalue weighted by atomic mass is 10.1. The van der Waals surface area contributed by atoms with Gasteiger partial charge in [0.2, 0.25) is 0 Å². The molecule has 0 radical (unpaired) electrons. The molecule has 74 valence electrons. The van der Waals surface area contributed by atoms with Crippen LogP contribution in [0, 0.1) is 13.8 Å². The number of aromatic amines is 1. The maximum absolute atomic E-state index is 5.26. The number of fused-ring (bicyclic) bond motifs is 1. The summed E-state index contributed by atoms with van der Waals surface area (Å²) in [6.07, 6.45) is 0. The minimum Gasteiger partial charge on any atom is -0.496 e. The van der Waals surface area contributed by atoms with E-state index in [9.17, 15) is 0 Å². The maximum atomic E-state index is 5.26. The zero-order valence-electron chi connectivity index (χ0n) is 8.44. The summed E-state index contributed by atoms with van der Waals surface area (Å²) in [5, 5.41) is 1.21. The minimum atomic E-state index is 0.875. The van der Waals surface area contributed by atoms with Gasteiger partial charge >= 0.3 is 0 Å². The first kappa shape index (κ1) is 9.59. The van der Waals surface area contributed by atoms with E-state index in [2.05, 4.69) is 34.8 Å². The van der Waals surface area contributed by atoms with Crippen LogP contribution in [0.25, 0.3) is 10.9 Å². The number of hydrogen-bond donors (Lipinski definition) is 1. The van der Waals surface area contributed by atoms with Crippen LogP contribution in [0.15, 0.2) is 16.6 Å². The molecule has 0 aliphatic heterocycles. The fourth-order valence-corrected chi connectivity index (χ4v) is 2.47. The van der Waals surface area contributed by atoms with Crippen molar-refractivity contribution in [1.82, 2.24) is 4.98 Å². The number of halogens is 1. The molecule has 1 N–H and O–H groups in total. The van der Waals surface area contributed by atoms with Crippen molar-refractivity contribution >= 4 is 26.8 Å². The van der Waals surface area contributed by atoms with E-state index in [1.54, 1.807) is 7.11 Å². The molecule has 0 aliphatic carbocycles. The molecule has 1 heterocycles. The van der Waals surface area contributed by atoms with Gasteiger partial charge in [-0.2, -0.15) is 0 Å². The number of ether oxygens (including phenoxy) is 1. The van der Waals surface area contributed by atoms with Crippen LogP contribution >= 0.6 is 15.9 Å². The second-order valence-corrected chi connectivity index (χ2v) is 4.17. The van der Waals surface area contributed by atoms with Gasteiger partial charge in [-0.05, 0) is 47.5 Å². The van der Waals surface area contributed by atoms with Crippen molar-refractivity contribution in [2.75, 3.05) is 7.11 Å². The van der Waals surface area contributed by atoms with Crippen LogP contribution in [-0.4, -0.2) is 12.1 Å². The molecule has 1 aromatic carbocycles. The molecule has 0 bridgehead atoms. The number of hydrogen-bond acceptors (Lipinski definition) is 1. The smallest absolute Gasteiger partial charge is 0.133 e. The predicted molar refractivity (Wildman–Crippen MR) is 62.0 cm³/mol. The SMILES string of the molecule is COc1ccc2[nH]c(C)c(C)c2c1Br. The van der Waals surface area contributed by atoms with Gasteiger partial charge in [0.15, 0.2) is 0 Å². The summed E-state index contributed by atoms with van der Waals surface area (Å²) in [5.41, 5.74) is 3.62. The lowest BCUT2D eigenvalue weighted by Gasteiger charge is -2.04. The van der Waals surface area contributed by atoms with Crippen LogP contribution in [0.5, 0.6) is 5.75 Å². The molecule has 3 heteroatoms. The first-order valence-corrected chi connectivity index (χ1v) is 5.26. The van der Waals surface area contributed by atoms with Crippen molar-refractivity contribution in [2.45, 2.75) is 13.8 Å². The Hall–Kier alpha value is -0.960. The molecule has 2 aromatic rings. The average molecular weight is 254 g/mol.